The molecule has 5 nitrogen and oxygen atoms in total. The van der Waals surface area contributed by atoms with Crippen LogP contribution in [0.3, 0.4) is 0 Å². The number of oxazole rings is 1. The normalized spacial score (nSPS) is 11.1. The van der Waals surface area contributed by atoms with E-state index in [1.165, 1.54) is 6.07 Å². The van der Waals surface area contributed by atoms with E-state index < -0.39 is 5.63 Å². The molecule has 0 aliphatic rings. The van der Waals surface area contributed by atoms with E-state index in [9.17, 15) is 4.79 Å². The van der Waals surface area contributed by atoms with Gasteiger partial charge in [-0.25, -0.2) is 9.78 Å². The maximum absolute atomic E-state index is 11.6. The van der Waals surface area contributed by atoms with Gasteiger partial charge < -0.3 is 13.6 Å². The van der Waals surface area contributed by atoms with Crippen LogP contribution >= 0.6 is 23.2 Å². The van der Waals surface area contributed by atoms with Crippen molar-refractivity contribution in [1.82, 2.24) is 4.98 Å². The minimum absolute atomic E-state index is 0.0713. The highest BCUT2D eigenvalue weighted by Gasteiger charge is 2.12. The number of rotatable bonds is 4. The molecule has 0 saturated heterocycles. The van der Waals surface area contributed by atoms with Crippen molar-refractivity contribution < 1.29 is 13.6 Å². The van der Waals surface area contributed by atoms with Crippen LogP contribution in [0.5, 0.6) is 5.75 Å². The Hall–Kier alpha value is -2.76. The Labute approximate surface area is 164 Å². The summed E-state index contributed by atoms with van der Waals surface area (Å²) < 4.78 is 16.6. The highest BCUT2D eigenvalue weighted by molar-refractivity contribution is 6.32. The van der Waals surface area contributed by atoms with Crippen molar-refractivity contribution in [3.05, 3.63) is 80.6 Å². The van der Waals surface area contributed by atoms with E-state index in [2.05, 4.69) is 4.98 Å². The van der Waals surface area contributed by atoms with Crippen molar-refractivity contribution in [3.8, 4) is 17.1 Å². The highest BCUT2D eigenvalue weighted by atomic mass is 35.5. The van der Waals surface area contributed by atoms with Crippen LogP contribution in [0.1, 0.15) is 11.5 Å². The molecular formula is C20H13Cl2NO4. The van der Waals surface area contributed by atoms with Crippen LogP contribution in [-0.4, -0.2) is 4.98 Å². The van der Waals surface area contributed by atoms with E-state index in [-0.39, 0.29) is 6.61 Å². The molecule has 7 heteroatoms. The molecule has 4 aromatic rings. The lowest BCUT2D eigenvalue weighted by Gasteiger charge is -2.08. The van der Waals surface area contributed by atoms with Gasteiger partial charge in [-0.2, -0.15) is 0 Å². The summed E-state index contributed by atoms with van der Waals surface area (Å²) in [5.41, 5.74) is 1.59. The Balaban J connectivity index is 1.57. The number of benzene rings is 2. The predicted octanol–water partition coefficient (Wildman–Crippen LogP) is 5.64. The molecule has 0 unspecified atom stereocenters. The van der Waals surface area contributed by atoms with Gasteiger partial charge in [0.25, 0.3) is 0 Å². The molecule has 0 aliphatic heterocycles. The zero-order valence-electron chi connectivity index (χ0n) is 14.2. The third kappa shape index (κ3) is 3.70. The number of ether oxygens (including phenoxy) is 1. The lowest BCUT2D eigenvalue weighted by atomic mass is 10.1. The van der Waals surface area contributed by atoms with Crippen LogP contribution in [0.4, 0.5) is 0 Å². The number of hydrogen-bond acceptors (Lipinski definition) is 5. The van der Waals surface area contributed by atoms with Gasteiger partial charge in [0, 0.05) is 28.1 Å². The van der Waals surface area contributed by atoms with Crippen LogP contribution < -0.4 is 10.4 Å². The summed E-state index contributed by atoms with van der Waals surface area (Å²) in [6.07, 6.45) is 1.61. The molecule has 4 rings (SSSR count). The van der Waals surface area contributed by atoms with E-state index in [0.717, 1.165) is 16.5 Å². The summed E-state index contributed by atoms with van der Waals surface area (Å²) in [6.45, 7) is 1.89. The van der Waals surface area contributed by atoms with Crippen LogP contribution in [0.25, 0.3) is 22.3 Å². The summed E-state index contributed by atoms with van der Waals surface area (Å²) in [7, 11) is 0. The van der Waals surface area contributed by atoms with Crippen molar-refractivity contribution in [2.24, 2.45) is 0 Å². The first-order valence-electron chi connectivity index (χ1n) is 8.07. The van der Waals surface area contributed by atoms with Crippen molar-refractivity contribution in [2.45, 2.75) is 13.5 Å². The quantitative estimate of drug-likeness (QED) is 0.413. The SMILES string of the molecule is Cc1cc(=O)oc2cc(OCc3ncc(-c4cccc(Cl)c4)o3)c(Cl)cc12. The van der Waals surface area contributed by atoms with Gasteiger partial charge in [0.1, 0.15) is 11.3 Å². The molecule has 136 valence electrons. The second-order valence-electron chi connectivity index (χ2n) is 5.94. The Kier molecular flexibility index (Phi) is 4.64. The van der Waals surface area contributed by atoms with E-state index in [1.54, 1.807) is 30.5 Å². The van der Waals surface area contributed by atoms with Gasteiger partial charge in [0.05, 0.1) is 11.2 Å². The first-order valence-corrected chi connectivity index (χ1v) is 8.82. The number of hydrogen-bond donors (Lipinski definition) is 0. The van der Waals surface area contributed by atoms with Crippen LogP contribution in [0.15, 0.2) is 62.3 Å². The number of aryl methyl sites for hydroxylation is 1. The summed E-state index contributed by atoms with van der Waals surface area (Å²) >= 11 is 12.3. The van der Waals surface area contributed by atoms with E-state index in [0.29, 0.717) is 33.0 Å². The van der Waals surface area contributed by atoms with Crippen molar-refractivity contribution >= 4 is 34.2 Å². The minimum atomic E-state index is -0.424. The monoisotopic (exact) mass is 401 g/mol. The molecule has 0 fully saturated rings. The van der Waals surface area contributed by atoms with Gasteiger partial charge in [0.2, 0.25) is 5.89 Å². The standard InChI is InChI=1S/C20H13Cl2NO4/c1-11-5-20(24)27-16-8-17(15(22)7-14(11)16)25-10-19-23-9-18(26-19)12-3-2-4-13(21)6-12/h2-9H,10H2,1H3. The van der Waals surface area contributed by atoms with E-state index in [4.69, 9.17) is 36.8 Å². The fourth-order valence-corrected chi connectivity index (χ4v) is 3.13. The number of nitrogens with zero attached hydrogens (tertiary/aromatic N) is 1. The zero-order valence-corrected chi connectivity index (χ0v) is 15.7. The first-order chi connectivity index (χ1) is 13.0. The molecule has 0 spiro atoms. The molecule has 0 atom stereocenters. The van der Waals surface area contributed by atoms with E-state index >= 15 is 0 Å². The van der Waals surface area contributed by atoms with Crippen molar-refractivity contribution in [2.75, 3.05) is 0 Å². The second-order valence-corrected chi connectivity index (χ2v) is 6.79. The van der Waals surface area contributed by atoms with Crippen molar-refractivity contribution in [3.63, 3.8) is 0 Å². The predicted molar refractivity (Wildman–Crippen MR) is 104 cm³/mol. The van der Waals surface area contributed by atoms with Gasteiger partial charge in [0.15, 0.2) is 12.4 Å². The molecule has 0 aliphatic carbocycles. The maximum atomic E-state index is 11.6. The molecule has 0 saturated carbocycles. The van der Waals surface area contributed by atoms with Crippen LogP contribution in [0.2, 0.25) is 10.0 Å². The Morgan fingerprint density at radius 2 is 1.96 bits per heavy atom. The third-order valence-electron chi connectivity index (χ3n) is 4.02. The maximum Gasteiger partial charge on any atom is 0.336 e. The van der Waals surface area contributed by atoms with E-state index in [1.807, 2.05) is 19.1 Å². The van der Waals surface area contributed by atoms with Gasteiger partial charge >= 0.3 is 5.63 Å². The average Bonchev–Trinajstić information content (AvgIpc) is 3.10. The second kappa shape index (κ2) is 7.10. The largest absolute Gasteiger partial charge is 0.482 e. The Morgan fingerprint density at radius 3 is 2.78 bits per heavy atom. The fourth-order valence-electron chi connectivity index (χ4n) is 2.72. The third-order valence-corrected chi connectivity index (χ3v) is 4.55. The highest BCUT2D eigenvalue weighted by Crippen LogP contribution is 2.32. The smallest absolute Gasteiger partial charge is 0.336 e. The number of fused-ring (bicyclic) bond motifs is 1. The Morgan fingerprint density at radius 1 is 1.11 bits per heavy atom. The first kappa shape index (κ1) is 17.6. The molecule has 0 amide bonds. The van der Waals surface area contributed by atoms with Crippen LogP contribution in [0, 0.1) is 6.92 Å². The van der Waals surface area contributed by atoms with Gasteiger partial charge in [-0.15, -0.1) is 0 Å². The lowest BCUT2D eigenvalue weighted by molar-refractivity contribution is 0.265. The molecule has 2 heterocycles. The van der Waals surface area contributed by atoms with Crippen molar-refractivity contribution in [1.29, 1.82) is 0 Å². The number of halogens is 2. The summed E-state index contributed by atoms with van der Waals surface area (Å²) in [4.78, 5) is 15.8. The Bertz CT molecular complexity index is 1200. The van der Waals surface area contributed by atoms with Gasteiger partial charge in [-0.1, -0.05) is 35.3 Å². The summed E-state index contributed by atoms with van der Waals surface area (Å²) in [5.74, 6) is 1.34. The summed E-state index contributed by atoms with van der Waals surface area (Å²) in [6, 6.07) is 12.0. The molecule has 0 bridgehead atoms. The zero-order chi connectivity index (χ0) is 19.0. The molecule has 27 heavy (non-hydrogen) atoms. The fraction of sp³-hybridized carbons (Fsp3) is 0.100. The number of aromatic nitrogens is 1. The topological polar surface area (TPSA) is 65.5 Å². The molecule has 0 N–H and O–H groups in total. The molecule has 2 aromatic heterocycles. The lowest BCUT2D eigenvalue weighted by Crippen LogP contribution is -2.00. The van der Waals surface area contributed by atoms with Crippen LogP contribution in [-0.2, 0) is 6.61 Å². The molecular weight excluding hydrogens is 389 g/mol. The van der Waals surface area contributed by atoms with Gasteiger partial charge in [-0.3, -0.25) is 0 Å². The van der Waals surface area contributed by atoms with Gasteiger partial charge in [-0.05, 0) is 30.7 Å². The average molecular weight is 402 g/mol. The molecule has 0 radical (unpaired) electrons. The summed E-state index contributed by atoms with van der Waals surface area (Å²) in [5, 5.41) is 1.77. The minimum Gasteiger partial charge on any atom is -0.482 e. The molecule has 2 aromatic carbocycles.